The number of phenols is 1. The predicted octanol–water partition coefficient (Wildman–Crippen LogP) is 5.84. The van der Waals surface area contributed by atoms with Crippen LogP contribution in [0.1, 0.15) is 62.1 Å². The van der Waals surface area contributed by atoms with E-state index in [1.807, 2.05) is 31.4 Å². The Labute approximate surface area is 198 Å². The maximum Gasteiger partial charge on any atom is 0.161 e. The van der Waals surface area contributed by atoms with Gasteiger partial charge in [-0.15, -0.1) is 0 Å². The molecule has 2 aromatic rings. The lowest BCUT2D eigenvalue weighted by Crippen LogP contribution is -2.58. The van der Waals surface area contributed by atoms with Crippen molar-refractivity contribution in [1.82, 2.24) is 4.90 Å². The molecule has 1 heterocycles. The molecule has 0 bridgehead atoms. The SMILES string of the molecule is COC1CCC2C(C)N(CC3CC3)CCC2(c2c(C)ccc(OCc3ccccc3)c2O)C1. The molecule has 4 atom stereocenters. The molecule has 1 saturated heterocycles. The van der Waals surface area contributed by atoms with Crippen LogP contribution in [0.25, 0.3) is 0 Å². The minimum absolute atomic E-state index is 0.0708. The molecule has 4 nitrogen and oxygen atoms in total. The van der Waals surface area contributed by atoms with Crippen LogP contribution in [0.4, 0.5) is 0 Å². The zero-order valence-corrected chi connectivity index (χ0v) is 20.4. The summed E-state index contributed by atoms with van der Waals surface area (Å²) in [6, 6.07) is 14.8. The average Bonchev–Trinajstić information content (AvgIpc) is 3.65. The zero-order valence-electron chi connectivity index (χ0n) is 20.4. The van der Waals surface area contributed by atoms with Gasteiger partial charge >= 0.3 is 0 Å². The van der Waals surface area contributed by atoms with E-state index in [-0.39, 0.29) is 11.5 Å². The van der Waals surface area contributed by atoms with Gasteiger partial charge in [0.05, 0.1) is 6.10 Å². The number of likely N-dealkylation sites (tertiary alicyclic amines) is 1. The lowest BCUT2D eigenvalue weighted by Gasteiger charge is -2.56. The summed E-state index contributed by atoms with van der Waals surface area (Å²) in [6.07, 6.45) is 7.34. The molecule has 3 fully saturated rings. The van der Waals surface area contributed by atoms with E-state index in [1.165, 1.54) is 24.9 Å². The first kappa shape index (κ1) is 22.7. The summed E-state index contributed by atoms with van der Waals surface area (Å²) in [5.74, 6) is 2.36. The third-order valence-corrected chi connectivity index (χ3v) is 8.71. The summed E-state index contributed by atoms with van der Waals surface area (Å²) in [4.78, 5) is 2.73. The molecule has 2 aromatic carbocycles. The summed E-state index contributed by atoms with van der Waals surface area (Å²) in [7, 11) is 1.84. The first-order valence-electron chi connectivity index (χ1n) is 12.8. The van der Waals surface area contributed by atoms with Crippen molar-refractivity contribution in [2.24, 2.45) is 11.8 Å². The number of rotatable bonds is 7. The van der Waals surface area contributed by atoms with Gasteiger partial charge in [0.15, 0.2) is 11.5 Å². The largest absolute Gasteiger partial charge is 0.504 e. The molecule has 33 heavy (non-hydrogen) atoms. The van der Waals surface area contributed by atoms with Gasteiger partial charge in [0.1, 0.15) is 6.61 Å². The van der Waals surface area contributed by atoms with Crippen LogP contribution in [0.3, 0.4) is 0 Å². The molecule has 1 aliphatic heterocycles. The average molecular weight is 450 g/mol. The van der Waals surface area contributed by atoms with Crippen LogP contribution in [0.2, 0.25) is 0 Å². The number of aryl methyl sites for hydroxylation is 1. The van der Waals surface area contributed by atoms with Crippen LogP contribution >= 0.6 is 0 Å². The van der Waals surface area contributed by atoms with Gasteiger partial charge in [0, 0.05) is 30.7 Å². The van der Waals surface area contributed by atoms with E-state index in [1.54, 1.807) is 0 Å². The van der Waals surface area contributed by atoms with Crippen molar-refractivity contribution in [1.29, 1.82) is 0 Å². The number of nitrogens with zero attached hydrogens (tertiary/aromatic N) is 1. The first-order valence-corrected chi connectivity index (χ1v) is 12.8. The fraction of sp³-hybridized carbons (Fsp3) is 0.586. The summed E-state index contributed by atoms with van der Waals surface area (Å²) in [6.45, 7) is 7.38. The third-order valence-electron chi connectivity index (χ3n) is 8.71. The number of hydrogen-bond donors (Lipinski definition) is 1. The highest BCUT2D eigenvalue weighted by Crippen LogP contribution is 2.56. The summed E-state index contributed by atoms with van der Waals surface area (Å²) in [5.41, 5.74) is 3.31. The molecule has 0 aromatic heterocycles. The van der Waals surface area contributed by atoms with Gasteiger partial charge in [0.2, 0.25) is 0 Å². The van der Waals surface area contributed by atoms with Gasteiger partial charge in [-0.3, -0.25) is 0 Å². The van der Waals surface area contributed by atoms with Crippen LogP contribution in [0.5, 0.6) is 11.5 Å². The zero-order chi connectivity index (χ0) is 23.0. The standard InChI is InChI=1S/C29H39NO3/c1-20-9-14-26(33-19-23-7-5-4-6-8-23)28(31)27(20)29-15-16-30(18-22-10-11-22)21(2)25(29)13-12-24(17-29)32-3/h4-9,14,21-22,24-25,31H,10-13,15-19H2,1-3H3. The van der Waals surface area contributed by atoms with E-state index in [0.717, 1.165) is 49.3 Å². The van der Waals surface area contributed by atoms with Gasteiger partial charge in [-0.2, -0.15) is 0 Å². The number of hydrogen-bond acceptors (Lipinski definition) is 4. The van der Waals surface area contributed by atoms with Crippen LogP contribution < -0.4 is 4.74 Å². The lowest BCUT2D eigenvalue weighted by molar-refractivity contribution is -0.0492. The second-order valence-electron chi connectivity index (χ2n) is 10.7. The fourth-order valence-electron chi connectivity index (χ4n) is 6.75. The number of aromatic hydroxyl groups is 1. The van der Waals surface area contributed by atoms with E-state index in [2.05, 4.69) is 36.9 Å². The van der Waals surface area contributed by atoms with Crippen LogP contribution in [-0.2, 0) is 16.8 Å². The Hall–Kier alpha value is -2.04. The van der Waals surface area contributed by atoms with Crippen molar-refractivity contribution in [2.45, 2.75) is 76.5 Å². The monoisotopic (exact) mass is 449 g/mol. The predicted molar refractivity (Wildman–Crippen MR) is 132 cm³/mol. The van der Waals surface area contributed by atoms with E-state index in [0.29, 0.717) is 30.1 Å². The molecule has 4 heteroatoms. The molecule has 178 valence electrons. The van der Waals surface area contributed by atoms with Gasteiger partial charge < -0.3 is 19.5 Å². The number of fused-ring (bicyclic) bond motifs is 1. The number of ether oxygens (including phenoxy) is 2. The van der Waals surface area contributed by atoms with Gasteiger partial charge in [-0.25, -0.2) is 0 Å². The number of benzene rings is 2. The minimum Gasteiger partial charge on any atom is -0.504 e. The van der Waals surface area contributed by atoms with Crippen molar-refractivity contribution >= 4 is 0 Å². The number of phenolic OH excluding ortho intramolecular Hbond substituents is 1. The molecule has 0 radical (unpaired) electrons. The summed E-state index contributed by atoms with van der Waals surface area (Å²) in [5, 5.41) is 11.6. The van der Waals surface area contributed by atoms with Crippen LogP contribution in [-0.4, -0.2) is 42.4 Å². The van der Waals surface area contributed by atoms with E-state index >= 15 is 0 Å². The van der Waals surface area contributed by atoms with Gasteiger partial charge in [-0.1, -0.05) is 36.4 Å². The van der Waals surface area contributed by atoms with Crippen molar-refractivity contribution in [3.63, 3.8) is 0 Å². The molecule has 3 aliphatic rings. The number of methoxy groups -OCH3 is 1. The third kappa shape index (κ3) is 4.40. The molecule has 0 spiro atoms. The normalized spacial score (nSPS) is 30.1. The molecule has 1 N–H and O–H groups in total. The van der Waals surface area contributed by atoms with Crippen LogP contribution in [0.15, 0.2) is 42.5 Å². The van der Waals surface area contributed by atoms with Crippen molar-refractivity contribution in [2.75, 3.05) is 20.2 Å². The molecule has 0 amide bonds. The Kier molecular flexibility index (Phi) is 6.41. The highest BCUT2D eigenvalue weighted by Gasteiger charge is 2.53. The van der Waals surface area contributed by atoms with Crippen molar-refractivity contribution in [3.8, 4) is 11.5 Å². The van der Waals surface area contributed by atoms with Gasteiger partial charge in [-0.05, 0) is 87.9 Å². The molecular weight excluding hydrogens is 410 g/mol. The van der Waals surface area contributed by atoms with Crippen LogP contribution in [0, 0.1) is 18.8 Å². The Morgan fingerprint density at radius 3 is 2.58 bits per heavy atom. The second kappa shape index (κ2) is 9.31. The van der Waals surface area contributed by atoms with Crippen molar-refractivity contribution in [3.05, 3.63) is 59.2 Å². The Morgan fingerprint density at radius 1 is 1.06 bits per heavy atom. The molecular formula is C29H39NO3. The topological polar surface area (TPSA) is 41.9 Å². The molecule has 4 unspecified atom stereocenters. The summed E-state index contributed by atoms with van der Waals surface area (Å²) >= 11 is 0. The molecule has 2 saturated carbocycles. The highest BCUT2D eigenvalue weighted by molar-refractivity contribution is 5.54. The van der Waals surface area contributed by atoms with E-state index in [9.17, 15) is 5.11 Å². The smallest absolute Gasteiger partial charge is 0.161 e. The van der Waals surface area contributed by atoms with E-state index < -0.39 is 0 Å². The second-order valence-corrected chi connectivity index (χ2v) is 10.7. The van der Waals surface area contributed by atoms with Gasteiger partial charge in [0.25, 0.3) is 0 Å². The first-order chi connectivity index (χ1) is 16.0. The molecule has 2 aliphatic carbocycles. The lowest BCUT2D eigenvalue weighted by atomic mass is 9.55. The summed E-state index contributed by atoms with van der Waals surface area (Å²) < 4.78 is 12.1. The van der Waals surface area contributed by atoms with Crippen molar-refractivity contribution < 1.29 is 14.6 Å². The Morgan fingerprint density at radius 2 is 1.85 bits per heavy atom. The Bertz CT molecular complexity index is 957. The minimum atomic E-state index is -0.0708. The molecule has 5 rings (SSSR count). The number of piperidine rings is 1. The fourth-order valence-corrected chi connectivity index (χ4v) is 6.75. The highest BCUT2D eigenvalue weighted by atomic mass is 16.5. The Balaban J connectivity index is 1.48. The van der Waals surface area contributed by atoms with E-state index in [4.69, 9.17) is 9.47 Å². The maximum absolute atomic E-state index is 11.6. The quantitative estimate of drug-likeness (QED) is 0.577. The maximum atomic E-state index is 11.6.